The Morgan fingerprint density at radius 2 is 1.73 bits per heavy atom. The van der Waals surface area contributed by atoms with E-state index in [9.17, 15) is 14.4 Å². The summed E-state index contributed by atoms with van der Waals surface area (Å²) in [4.78, 5) is 35.9. The summed E-state index contributed by atoms with van der Waals surface area (Å²) in [5.74, 6) is -1.44. The molecule has 1 aliphatic carbocycles. The topological polar surface area (TPSA) is 93.7 Å². The highest BCUT2D eigenvalue weighted by molar-refractivity contribution is 6.01. The first-order valence-electron chi connectivity index (χ1n) is 8.51. The third kappa shape index (κ3) is 5.08. The van der Waals surface area contributed by atoms with Crippen LogP contribution in [0.15, 0.2) is 30.0 Å². The lowest BCUT2D eigenvalue weighted by atomic mass is 10.1. The van der Waals surface area contributed by atoms with Crippen molar-refractivity contribution in [2.24, 2.45) is 5.92 Å². The van der Waals surface area contributed by atoms with Crippen molar-refractivity contribution in [2.75, 3.05) is 24.9 Å². The minimum absolute atomic E-state index is 0.00911. The molecule has 0 saturated heterocycles. The SMILES string of the molecule is COC(=O)/C=C(/Nc1cc(C)ccc1NC(=O)C1CCCC1)C(=O)OC. The average molecular weight is 360 g/mol. The Bertz CT molecular complexity index is 721. The normalized spacial score (nSPS) is 14.7. The van der Waals surface area contributed by atoms with Crippen molar-refractivity contribution in [3.8, 4) is 0 Å². The Morgan fingerprint density at radius 3 is 2.35 bits per heavy atom. The van der Waals surface area contributed by atoms with Gasteiger partial charge in [-0.2, -0.15) is 0 Å². The monoisotopic (exact) mass is 360 g/mol. The van der Waals surface area contributed by atoms with Gasteiger partial charge >= 0.3 is 11.9 Å². The van der Waals surface area contributed by atoms with E-state index in [2.05, 4.69) is 15.4 Å². The van der Waals surface area contributed by atoms with Gasteiger partial charge in [0.25, 0.3) is 0 Å². The molecule has 0 radical (unpaired) electrons. The molecule has 1 aromatic rings. The highest BCUT2D eigenvalue weighted by atomic mass is 16.5. The van der Waals surface area contributed by atoms with E-state index < -0.39 is 11.9 Å². The Labute approximate surface area is 152 Å². The van der Waals surface area contributed by atoms with Crippen LogP contribution in [0.1, 0.15) is 31.2 Å². The second-order valence-corrected chi connectivity index (χ2v) is 6.22. The van der Waals surface area contributed by atoms with E-state index in [0.717, 1.165) is 37.3 Å². The Morgan fingerprint density at radius 1 is 1.04 bits per heavy atom. The molecule has 0 atom stereocenters. The van der Waals surface area contributed by atoms with E-state index >= 15 is 0 Å². The van der Waals surface area contributed by atoms with Gasteiger partial charge in [-0.3, -0.25) is 4.79 Å². The molecule has 1 amide bonds. The molecule has 0 aromatic heterocycles. The van der Waals surface area contributed by atoms with E-state index in [0.29, 0.717) is 11.4 Å². The third-order valence-corrected chi connectivity index (χ3v) is 4.30. The van der Waals surface area contributed by atoms with E-state index in [-0.39, 0.29) is 17.5 Å². The maximum atomic E-state index is 12.4. The van der Waals surface area contributed by atoms with Gasteiger partial charge in [0, 0.05) is 5.92 Å². The Kier molecular flexibility index (Phi) is 6.77. The largest absolute Gasteiger partial charge is 0.466 e. The summed E-state index contributed by atoms with van der Waals surface area (Å²) in [5, 5.41) is 5.78. The maximum absolute atomic E-state index is 12.4. The highest BCUT2D eigenvalue weighted by Crippen LogP contribution is 2.29. The molecule has 0 heterocycles. The van der Waals surface area contributed by atoms with Crippen LogP contribution in [0, 0.1) is 12.8 Å². The van der Waals surface area contributed by atoms with Crippen LogP contribution in [0.25, 0.3) is 0 Å². The van der Waals surface area contributed by atoms with Crippen LogP contribution in [0.4, 0.5) is 11.4 Å². The standard InChI is InChI=1S/C19H24N2O5/c1-12-8-9-14(21-18(23)13-6-4-5-7-13)15(10-12)20-16(19(24)26-3)11-17(22)25-2/h8-11,13,20H,4-7H2,1-3H3,(H,21,23)/b16-11+. The van der Waals surface area contributed by atoms with E-state index in [1.807, 2.05) is 13.0 Å². The molecular weight excluding hydrogens is 336 g/mol. The van der Waals surface area contributed by atoms with Crippen molar-refractivity contribution >= 4 is 29.2 Å². The summed E-state index contributed by atoms with van der Waals surface area (Å²) in [6, 6.07) is 5.40. The number of carbonyl (C=O) groups excluding carboxylic acids is 3. The van der Waals surface area contributed by atoms with Gasteiger partial charge in [-0.15, -0.1) is 0 Å². The number of nitrogens with one attached hydrogen (secondary N) is 2. The van der Waals surface area contributed by atoms with Crippen molar-refractivity contribution in [1.82, 2.24) is 0 Å². The molecule has 0 aliphatic heterocycles. The van der Waals surface area contributed by atoms with Crippen LogP contribution in [0.5, 0.6) is 0 Å². The lowest BCUT2D eigenvalue weighted by Crippen LogP contribution is -2.22. The number of benzene rings is 1. The molecule has 1 fully saturated rings. The number of aryl methyl sites for hydroxylation is 1. The maximum Gasteiger partial charge on any atom is 0.354 e. The molecule has 26 heavy (non-hydrogen) atoms. The lowest BCUT2D eigenvalue weighted by Gasteiger charge is -2.17. The van der Waals surface area contributed by atoms with Crippen molar-refractivity contribution in [2.45, 2.75) is 32.6 Å². The Balaban J connectivity index is 2.27. The number of amides is 1. The summed E-state index contributed by atoms with van der Waals surface area (Å²) >= 11 is 0. The van der Waals surface area contributed by atoms with Crippen LogP contribution in [-0.4, -0.2) is 32.1 Å². The van der Waals surface area contributed by atoms with Crippen LogP contribution in [0.2, 0.25) is 0 Å². The number of hydrogen-bond donors (Lipinski definition) is 2. The number of carbonyl (C=O) groups is 3. The molecule has 0 spiro atoms. The number of ether oxygens (including phenoxy) is 2. The summed E-state index contributed by atoms with van der Waals surface area (Å²) in [7, 11) is 2.43. The third-order valence-electron chi connectivity index (χ3n) is 4.30. The van der Waals surface area contributed by atoms with Crippen molar-refractivity contribution < 1.29 is 23.9 Å². The van der Waals surface area contributed by atoms with Gasteiger partial charge in [0.2, 0.25) is 5.91 Å². The van der Waals surface area contributed by atoms with Gasteiger partial charge in [-0.25, -0.2) is 9.59 Å². The van der Waals surface area contributed by atoms with Gasteiger partial charge < -0.3 is 20.1 Å². The summed E-state index contributed by atoms with van der Waals surface area (Å²) in [6.07, 6.45) is 4.90. The summed E-state index contributed by atoms with van der Waals surface area (Å²) < 4.78 is 9.26. The first-order chi connectivity index (χ1) is 12.4. The fraction of sp³-hybridized carbons (Fsp3) is 0.421. The van der Waals surface area contributed by atoms with E-state index in [1.54, 1.807) is 12.1 Å². The minimum Gasteiger partial charge on any atom is -0.466 e. The van der Waals surface area contributed by atoms with Gasteiger partial charge in [0.15, 0.2) is 0 Å². The molecule has 7 heteroatoms. The molecule has 0 bridgehead atoms. The number of rotatable bonds is 6. The molecule has 1 saturated carbocycles. The number of methoxy groups -OCH3 is 2. The summed E-state index contributed by atoms with van der Waals surface area (Å²) in [5.41, 5.74) is 1.87. The van der Waals surface area contributed by atoms with Crippen LogP contribution < -0.4 is 10.6 Å². The van der Waals surface area contributed by atoms with Crippen LogP contribution in [-0.2, 0) is 23.9 Å². The van der Waals surface area contributed by atoms with Gasteiger partial charge in [-0.05, 0) is 37.5 Å². The fourth-order valence-electron chi connectivity index (χ4n) is 2.87. The molecule has 2 rings (SSSR count). The summed E-state index contributed by atoms with van der Waals surface area (Å²) in [6.45, 7) is 1.88. The fourth-order valence-corrected chi connectivity index (χ4v) is 2.87. The van der Waals surface area contributed by atoms with Gasteiger partial charge in [-0.1, -0.05) is 18.9 Å². The average Bonchev–Trinajstić information content (AvgIpc) is 3.17. The molecule has 1 aromatic carbocycles. The zero-order chi connectivity index (χ0) is 19.1. The predicted octanol–water partition coefficient (Wildman–Crippen LogP) is 2.77. The minimum atomic E-state index is -0.718. The molecule has 2 N–H and O–H groups in total. The number of esters is 2. The zero-order valence-corrected chi connectivity index (χ0v) is 15.3. The van der Waals surface area contributed by atoms with Crippen LogP contribution in [0.3, 0.4) is 0 Å². The predicted molar refractivity (Wildman–Crippen MR) is 97.5 cm³/mol. The number of anilines is 2. The molecular formula is C19H24N2O5. The van der Waals surface area contributed by atoms with Crippen LogP contribution >= 0.6 is 0 Å². The number of hydrogen-bond acceptors (Lipinski definition) is 6. The first-order valence-corrected chi connectivity index (χ1v) is 8.51. The highest BCUT2D eigenvalue weighted by Gasteiger charge is 2.23. The smallest absolute Gasteiger partial charge is 0.354 e. The van der Waals surface area contributed by atoms with E-state index in [1.165, 1.54) is 14.2 Å². The van der Waals surface area contributed by atoms with E-state index in [4.69, 9.17) is 4.74 Å². The van der Waals surface area contributed by atoms with Gasteiger partial charge in [0.05, 0.1) is 31.7 Å². The lowest BCUT2D eigenvalue weighted by molar-refractivity contribution is -0.138. The molecule has 1 aliphatic rings. The second kappa shape index (κ2) is 9.03. The molecule has 140 valence electrons. The van der Waals surface area contributed by atoms with Crippen molar-refractivity contribution in [3.05, 3.63) is 35.5 Å². The Hall–Kier alpha value is -2.83. The second-order valence-electron chi connectivity index (χ2n) is 6.22. The quantitative estimate of drug-likeness (QED) is 0.598. The van der Waals surface area contributed by atoms with Gasteiger partial charge in [0.1, 0.15) is 5.70 Å². The zero-order valence-electron chi connectivity index (χ0n) is 15.3. The first kappa shape index (κ1) is 19.5. The van der Waals surface area contributed by atoms with Crippen molar-refractivity contribution in [1.29, 1.82) is 0 Å². The molecule has 0 unspecified atom stereocenters. The van der Waals surface area contributed by atoms with Crippen molar-refractivity contribution in [3.63, 3.8) is 0 Å². The molecule has 7 nitrogen and oxygen atoms in total.